The second-order valence-corrected chi connectivity index (χ2v) is 6.62. The van der Waals surface area contributed by atoms with Crippen molar-refractivity contribution in [1.29, 1.82) is 0 Å². The normalized spacial score (nSPS) is 17.8. The molecule has 3 heteroatoms. The molecular weight excluding hydrogens is 260 g/mol. The van der Waals surface area contributed by atoms with Crippen LogP contribution in [-0.2, 0) is 6.42 Å². The van der Waals surface area contributed by atoms with Crippen LogP contribution in [0.25, 0.3) is 0 Å². The Morgan fingerprint density at radius 1 is 1.29 bits per heavy atom. The first-order valence-corrected chi connectivity index (χ1v) is 8.19. The average Bonchev–Trinajstić information content (AvgIpc) is 3.31. The lowest BCUT2D eigenvalue weighted by Crippen LogP contribution is -2.54. The van der Waals surface area contributed by atoms with Gasteiger partial charge in [0, 0.05) is 18.6 Å². The van der Waals surface area contributed by atoms with Gasteiger partial charge >= 0.3 is 0 Å². The zero-order valence-corrected chi connectivity index (χ0v) is 13.8. The highest BCUT2D eigenvalue weighted by atomic mass is 16.5. The van der Waals surface area contributed by atoms with Gasteiger partial charge in [-0.05, 0) is 62.8 Å². The number of nitrogens with zero attached hydrogens (tertiary/aromatic N) is 1. The molecule has 1 saturated carbocycles. The second kappa shape index (κ2) is 7.28. The molecule has 1 unspecified atom stereocenters. The molecule has 0 aliphatic heterocycles. The molecule has 1 aromatic rings. The molecule has 3 nitrogen and oxygen atoms in total. The maximum atomic E-state index is 6.17. The summed E-state index contributed by atoms with van der Waals surface area (Å²) in [5.74, 6) is 1.81. The fraction of sp³-hybridized carbons (Fsp3) is 0.667. The van der Waals surface area contributed by atoms with E-state index in [1.807, 2.05) is 12.1 Å². The number of rotatable bonds is 9. The summed E-state index contributed by atoms with van der Waals surface area (Å²) in [5, 5.41) is 0. The lowest BCUT2D eigenvalue weighted by atomic mass is 9.90. The third-order valence-corrected chi connectivity index (χ3v) is 4.62. The SMILES string of the molecule is CCCN(CC1CC1)C(C)(CN)Cc1ccc(OC)cc1. The molecule has 0 saturated heterocycles. The van der Waals surface area contributed by atoms with Crippen LogP contribution in [0.15, 0.2) is 24.3 Å². The quantitative estimate of drug-likeness (QED) is 0.759. The molecule has 118 valence electrons. The molecule has 1 atom stereocenters. The summed E-state index contributed by atoms with van der Waals surface area (Å²) in [6.45, 7) is 7.61. The summed E-state index contributed by atoms with van der Waals surface area (Å²) >= 11 is 0. The van der Waals surface area contributed by atoms with E-state index in [-0.39, 0.29) is 5.54 Å². The Balaban J connectivity index is 2.08. The van der Waals surface area contributed by atoms with Crippen LogP contribution in [0.3, 0.4) is 0 Å². The number of methoxy groups -OCH3 is 1. The van der Waals surface area contributed by atoms with Gasteiger partial charge in [-0.1, -0.05) is 19.1 Å². The summed E-state index contributed by atoms with van der Waals surface area (Å²) in [6.07, 6.45) is 4.97. The molecule has 0 amide bonds. The Labute approximate surface area is 129 Å². The Morgan fingerprint density at radius 2 is 1.95 bits per heavy atom. The van der Waals surface area contributed by atoms with Gasteiger partial charge in [0.2, 0.25) is 0 Å². The zero-order valence-electron chi connectivity index (χ0n) is 13.8. The van der Waals surface area contributed by atoms with E-state index in [4.69, 9.17) is 10.5 Å². The van der Waals surface area contributed by atoms with Crippen LogP contribution in [0.4, 0.5) is 0 Å². The minimum absolute atomic E-state index is 0.0488. The van der Waals surface area contributed by atoms with Crippen molar-refractivity contribution in [3.8, 4) is 5.75 Å². The molecule has 0 radical (unpaired) electrons. The number of nitrogens with two attached hydrogens (primary N) is 1. The summed E-state index contributed by atoms with van der Waals surface area (Å²) in [5.41, 5.74) is 7.55. The molecule has 1 fully saturated rings. The molecule has 0 spiro atoms. The van der Waals surface area contributed by atoms with E-state index >= 15 is 0 Å². The van der Waals surface area contributed by atoms with Crippen molar-refractivity contribution in [2.75, 3.05) is 26.7 Å². The minimum atomic E-state index is 0.0488. The van der Waals surface area contributed by atoms with Crippen LogP contribution < -0.4 is 10.5 Å². The lowest BCUT2D eigenvalue weighted by Gasteiger charge is -2.41. The average molecular weight is 290 g/mol. The molecule has 2 N–H and O–H groups in total. The van der Waals surface area contributed by atoms with E-state index in [1.54, 1.807) is 7.11 Å². The van der Waals surface area contributed by atoms with E-state index in [0.29, 0.717) is 6.54 Å². The van der Waals surface area contributed by atoms with E-state index in [1.165, 1.54) is 31.4 Å². The number of ether oxygens (including phenoxy) is 1. The van der Waals surface area contributed by atoms with Crippen LogP contribution >= 0.6 is 0 Å². The number of hydrogen-bond donors (Lipinski definition) is 1. The fourth-order valence-corrected chi connectivity index (χ4v) is 2.96. The first kappa shape index (κ1) is 16.3. The number of benzene rings is 1. The molecule has 0 heterocycles. The Bertz CT molecular complexity index is 427. The van der Waals surface area contributed by atoms with Crippen LogP contribution in [0.2, 0.25) is 0 Å². The van der Waals surface area contributed by atoms with E-state index in [0.717, 1.165) is 24.6 Å². The molecule has 0 bridgehead atoms. The van der Waals surface area contributed by atoms with Crippen molar-refractivity contribution < 1.29 is 4.74 Å². The first-order chi connectivity index (χ1) is 10.1. The summed E-state index contributed by atoms with van der Waals surface area (Å²) in [6, 6.07) is 8.40. The van der Waals surface area contributed by atoms with Crippen molar-refractivity contribution in [1.82, 2.24) is 4.90 Å². The van der Waals surface area contributed by atoms with Crippen LogP contribution in [-0.4, -0.2) is 37.2 Å². The Kier molecular flexibility index (Phi) is 5.65. The molecule has 1 aliphatic carbocycles. The molecule has 1 aromatic carbocycles. The zero-order chi connectivity index (χ0) is 15.3. The lowest BCUT2D eigenvalue weighted by molar-refractivity contribution is 0.104. The van der Waals surface area contributed by atoms with Gasteiger partial charge in [-0.2, -0.15) is 0 Å². The van der Waals surface area contributed by atoms with Gasteiger partial charge in [-0.15, -0.1) is 0 Å². The highest BCUT2D eigenvalue weighted by Gasteiger charge is 2.34. The first-order valence-electron chi connectivity index (χ1n) is 8.19. The minimum Gasteiger partial charge on any atom is -0.497 e. The highest BCUT2D eigenvalue weighted by Crippen LogP contribution is 2.33. The molecule has 0 aromatic heterocycles. The predicted octanol–water partition coefficient (Wildman–Crippen LogP) is 3.08. The third kappa shape index (κ3) is 4.45. The van der Waals surface area contributed by atoms with Gasteiger partial charge in [-0.25, -0.2) is 0 Å². The summed E-state index contributed by atoms with van der Waals surface area (Å²) < 4.78 is 5.24. The topological polar surface area (TPSA) is 38.5 Å². The molecule has 2 rings (SSSR count). The third-order valence-electron chi connectivity index (χ3n) is 4.62. The predicted molar refractivity (Wildman–Crippen MR) is 88.7 cm³/mol. The monoisotopic (exact) mass is 290 g/mol. The second-order valence-electron chi connectivity index (χ2n) is 6.62. The van der Waals surface area contributed by atoms with Gasteiger partial charge in [0.15, 0.2) is 0 Å². The van der Waals surface area contributed by atoms with Gasteiger partial charge in [0.05, 0.1) is 7.11 Å². The molecule has 1 aliphatic rings. The maximum Gasteiger partial charge on any atom is 0.118 e. The van der Waals surface area contributed by atoms with Crippen molar-refractivity contribution >= 4 is 0 Å². The van der Waals surface area contributed by atoms with Crippen molar-refractivity contribution in [3.05, 3.63) is 29.8 Å². The summed E-state index contributed by atoms with van der Waals surface area (Å²) in [7, 11) is 1.71. The van der Waals surface area contributed by atoms with Crippen LogP contribution in [0, 0.1) is 5.92 Å². The van der Waals surface area contributed by atoms with Crippen LogP contribution in [0.1, 0.15) is 38.7 Å². The van der Waals surface area contributed by atoms with Gasteiger partial charge in [-0.3, -0.25) is 4.90 Å². The standard InChI is InChI=1S/C18H30N2O/c1-4-11-20(13-16-5-6-16)18(2,14-19)12-15-7-9-17(21-3)10-8-15/h7-10,16H,4-6,11-14,19H2,1-3H3. The van der Waals surface area contributed by atoms with Crippen molar-refractivity contribution in [2.24, 2.45) is 11.7 Å². The van der Waals surface area contributed by atoms with Crippen molar-refractivity contribution in [2.45, 2.75) is 45.1 Å². The van der Waals surface area contributed by atoms with Gasteiger partial charge < -0.3 is 10.5 Å². The van der Waals surface area contributed by atoms with E-state index in [9.17, 15) is 0 Å². The largest absolute Gasteiger partial charge is 0.497 e. The fourth-order valence-electron chi connectivity index (χ4n) is 2.96. The van der Waals surface area contributed by atoms with Gasteiger partial charge in [0.1, 0.15) is 5.75 Å². The van der Waals surface area contributed by atoms with Crippen molar-refractivity contribution in [3.63, 3.8) is 0 Å². The van der Waals surface area contributed by atoms with E-state index < -0.39 is 0 Å². The smallest absolute Gasteiger partial charge is 0.118 e. The molecule has 21 heavy (non-hydrogen) atoms. The van der Waals surface area contributed by atoms with Gasteiger partial charge in [0.25, 0.3) is 0 Å². The number of hydrogen-bond acceptors (Lipinski definition) is 3. The highest BCUT2D eigenvalue weighted by molar-refractivity contribution is 5.28. The van der Waals surface area contributed by atoms with Crippen LogP contribution in [0.5, 0.6) is 5.75 Å². The molecular formula is C18H30N2O. The summed E-state index contributed by atoms with van der Waals surface area (Å²) in [4.78, 5) is 2.62. The van der Waals surface area contributed by atoms with E-state index in [2.05, 4.69) is 30.9 Å². The Hall–Kier alpha value is -1.06. The maximum absolute atomic E-state index is 6.17. The Morgan fingerprint density at radius 3 is 2.43 bits per heavy atom.